The Morgan fingerprint density at radius 3 is 3.08 bits per heavy atom. The van der Waals surface area contributed by atoms with Crippen LogP contribution in [0.1, 0.15) is 6.42 Å². The summed E-state index contributed by atoms with van der Waals surface area (Å²) in [5, 5.41) is 11.5. The maximum atomic E-state index is 8.46. The molecule has 74 valence electrons. The molecular weight excluding hydrogens is 168 g/mol. The Labute approximate surface area is 77.8 Å². The van der Waals surface area contributed by atoms with E-state index in [2.05, 4.69) is 15.0 Å². The van der Waals surface area contributed by atoms with Crippen LogP contribution in [-0.2, 0) is 0 Å². The second-order valence-corrected chi connectivity index (χ2v) is 3.80. The van der Waals surface area contributed by atoms with Crippen molar-refractivity contribution in [2.45, 2.75) is 12.5 Å². The molecule has 2 aliphatic rings. The number of piperazine rings is 1. The fourth-order valence-electron chi connectivity index (χ4n) is 2.21. The smallest absolute Gasteiger partial charge is 0.153 e. The van der Waals surface area contributed by atoms with Crippen molar-refractivity contribution in [1.29, 1.82) is 0 Å². The van der Waals surface area contributed by atoms with Gasteiger partial charge in [0, 0.05) is 25.7 Å². The fourth-order valence-corrected chi connectivity index (χ4v) is 2.21. The van der Waals surface area contributed by atoms with Gasteiger partial charge in [0.25, 0.3) is 0 Å². The second kappa shape index (κ2) is 3.51. The molecule has 3 N–H and O–H groups in total. The first-order chi connectivity index (χ1) is 6.29. The minimum Gasteiger partial charge on any atom is -0.409 e. The van der Waals surface area contributed by atoms with Crippen LogP contribution >= 0.6 is 0 Å². The minimum absolute atomic E-state index is 0.320. The van der Waals surface area contributed by atoms with Gasteiger partial charge in [0.1, 0.15) is 0 Å². The number of amidine groups is 1. The predicted octanol–water partition coefficient (Wildman–Crippen LogP) is -0.877. The molecule has 13 heavy (non-hydrogen) atoms. The van der Waals surface area contributed by atoms with Crippen LogP contribution in [0.4, 0.5) is 0 Å². The van der Waals surface area contributed by atoms with E-state index in [0.29, 0.717) is 18.4 Å². The lowest BCUT2D eigenvalue weighted by Crippen LogP contribution is -2.49. The van der Waals surface area contributed by atoms with Crippen LogP contribution in [0.2, 0.25) is 0 Å². The van der Waals surface area contributed by atoms with Gasteiger partial charge in [-0.15, -0.1) is 0 Å². The Morgan fingerprint density at radius 2 is 2.31 bits per heavy atom. The third-order valence-corrected chi connectivity index (χ3v) is 2.96. The number of nitrogens with two attached hydrogens (primary N) is 1. The van der Waals surface area contributed by atoms with Crippen LogP contribution in [0.25, 0.3) is 0 Å². The molecule has 0 radical (unpaired) electrons. The van der Waals surface area contributed by atoms with Crippen LogP contribution in [0.3, 0.4) is 0 Å². The van der Waals surface area contributed by atoms with Crippen LogP contribution in [0, 0.1) is 0 Å². The summed E-state index contributed by atoms with van der Waals surface area (Å²) < 4.78 is 0. The lowest BCUT2D eigenvalue weighted by molar-refractivity contribution is 0.151. The molecule has 0 aliphatic carbocycles. The second-order valence-electron chi connectivity index (χ2n) is 3.80. The number of hydrogen-bond acceptors (Lipinski definition) is 4. The van der Waals surface area contributed by atoms with E-state index >= 15 is 0 Å². The highest BCUT2D eigenvalue weighted by atomic mass is 16.4. The van der Waals surface area contributed by atoms with Crippen molar-refractivity contribution in [3.8, 4) is 0 Å². The summed E-state index contributed by atoms with van der Waals surface area (Å²) in [7, 11) is 0. The average molecular weight is 184 g/mol. The summed E-state index contributed by atoms with van der Waals surface area (Å²) >= 11 is 0. The van der Waals surface area contributed by atoms with E-state index in [9.17, 15) is 0 Å². The molecule has 2 heterocycles. The number of hydrogen-bond donors (Lipinski definition) is 2. The monoisotopic (exact) mass is 184 g/mol. The number of fused-ring (bicyclic) bond motifs is 2. The van der Waals surface area contributed by atoms with Crippen LogP contribution in [0.15, 0.2) is 5.16 Å². The SMILES string of the molecule is N/C(CN1CCN2CCC1C2)=N\O. The van der Waals surface area contributed by atoms with E-state index in [4.69, 9.17) is 10.9 Å². The summed E-state index contributed by atoms with van der Waals surface area (Å²) in [6.07, 6.45) is 1.22. The van der Waals surface area contributed by atoms with E-state index in [1.54, 1.807) is 0 Å². The average Bonchev–Trinajstić information content (AvgIpc) is 2.54. The van der Waals surface area contributed by atoms with Gasteiger partial charge in [0.15, 0.2) is 5.84 Å². The minimum atomic E-state index is 0.320. The maximum absolute atomic E-state index is 8.46. The molecule has 2 atom stereocenters. The Bertz CT molecular complexity index is 218. The van der Waals surface area contributed by atoms with E-state index in [1.165, 1.54) is 13.0 Å². The quantitative estimate of drug-likeness (QED) is 0.253. The first kappa shape index (κ1) is 8.77. The zero-order valence-electron chi connectivity index (χ0n) is 7.69. The molecule has 2 fully saturated rings. The van der Waals surface area contributed by atoms with E-state index in [0.717, 1.165) is 19.6 Å². The normalized spacial score (nSPS) is 35.2. The molecule has 2 unspecified atom stereocenters. The van der Waals surface area contributed by atoms with Crippen molar-refractivity contribution in [1.82, 2.24) is 9.80 Å². The molecule has 2 bridgehead atoms. The van der Waals surface area contributed by atoms with Crippen molar-refractivity contribution in [3.63, 3.8) is 0 Å². The van der Waals surface area contributed by atoms with Gasteiger partial charge in [-0.25, -0.2) is 0 Å². The Morgan fingerprint density at radius 1 is 1.46 bits per heavy atom. The first-order valence-corrected chi connectivity index (χ1v) is 4.72. The van der Waals surface area contributed by atoms with Gasteiger partial charge in [0.2, 0.25) is 0 Å². The van der Waals surface area contributed by atoms with Gasteiger partial charge in [0.05, 0.1) is 6.54 Å². The molecular formula is C8H16N4O. The molecule has 5 heteroatoms. The van der Waals surface area contributed by atoms with Crippen molar-refractivity contribution in [3.05, 3.63) is 0 Å². The van der Waals surface area contributed by atoms with Gasteiger partial charge in [-0.3, -0.25) is 4.90 Å². The van der Waals surface area contributed by atoms with Crippen molar-refractivity contribution in [2.75, 3.05) is 32.7 Å². The zero-order chi connectivity index (χ0) is 9.26. The van der Waals surface area contributed by atoms with Crippen LogP contribution < -0.4 is 5.73 Å². The third-order valence-electron chi connectivity index (χ3n) is 2.96. The highest BCUT2D eigenvalue weighted by Gasteiger charge is 2.32. The summed E-state index contributed by atoms with van der Waals surface area (Å²) in [4.78, 5) is 4.77. The highest BCUT2D eigenvalue weighted by Crippen LogP contribution is 2.19. The molecule has 0 aromatic heterocycles. The van der Waals surface area contributed by atoms with E-state index in [-0.39, 0.29) is 0 Å². The molecule has 2 rings (SSSR count). The largest absolute Gasteiger partial charge is 0.409 e. The van der Waals surface area contributed by atoms with Gasteiger partial charge >= 0.3 is 0 Å². The molecule has 2 aliphatic heterocycles. The Balaban J connectivity index is 1.92. The Hall–Kier alpha value is -0.810. The van der Waals surface area contributed by atoms with Gasteiger partial charge in [-0.2, -0.15) is 0 Å². The predicted molar refractivity (Wildman–Crippen MR) is 49.8 cm³/mol. The fraction of sp³-hybridized carbons (Fsp3) is 0.875. The molecule has 0 saturated carbocycles. The summed E-state index contributed by atoms with van der Waals surface area (Å²) in [6, 6.07) is 0.619. The number of nitrogens with zero attached hydrogens (tertiary/aromatic N) is 3. The third kappa shape index (κ3) is 1.76. The first-order valence-electron chi connectivity index (χ1n) is 4.72. The molecule has 0 amide bonds. The maximum Gasteiger partial charge on any atom is 0.153 e. The summed E-state index contributed by atoms with van der Waals surface area (Å²) in [6.45, 7) is 5.13. The Kier molecular flexibility index (Phi) is 2.37. The molecule has 0 spiro atoms. The van der Waals surface area contributed by atoms with E-state index < -0.39 is 0 Å². The van der Waals surface area contributed by atoms with Crippen LogP contribution in [-0.4, -0.2) is 59.6 Å². The zero-order valence-corrected chi connectivity index (χ0v) is 7.69. The van der Waals surface area contributed by atoms with Gasteiger partial charge in [-0.1, -0.05) is 5.16 Å². The van der Waals surface area contributed by atoms with Crippen molar-refractivity contribution >= 4 is 5.84 Å². The topological polar surface area (TPSA) is 65.1 Å². The van der Waals surface area contributed by atoms with Crippen molar-refractivity contribution < 1.29 is 5.21 Å². The van der Waals surface area contributed by atoms with Crippen LogP contribution in [0.5, 0.6) is 0 Å². The van der Waals surface area contributed by atoms with Gasteiger partial charge in [-0.05, 0) is 13.0 Å². The van der Waals surface area contributed by atoms with Crippen molar-refractivity contribution in [2.24, 2.45) is 10.9 Å². The number of rotatable bonds is 2. The standard InChI is InChI=1S/C8H16N4O/c9-8(10-13)6-12-4-3-11-2-1-7(12)5-11/h7,13H,1-6H2,(H2,9,10). The van der Waals surface area contributed by atoms with Gasteiger partial charge < -0.3 is 15.8 Å². The highest BCUT2D eigenvalue weighted by molar-refractivity contribution is 5.81. The lowest BCUT2D eigenvalue weighted by atomic mass is 10.2. The summed E-state index contributed by atoms with van der Waals surface area (Å²) in [5.74, 6) is 0.320. The molecule has 5 nitrogen and oxygen atoms in total. The number of oxime groups is 1. The summed E-state index contributed by atoms with van der Waals surface area (Å²) in [5.41, 5.74) is 5.48. The molecule has 0 aromatic carbocycles. The van der Waals surface area contributed by atoms with E-state index in [1.807, 2.05) is 0 Å². The molecule has 2 saturated heterocycles. The lowest BCUT2D eigenvalue weighted by Gasteiger charge is -2.33. The molecule has 0 aromatic rings.